The minimum atomic E-state index is 0.340. The van der Waals surface area contributed by atoms with Crippen molar-refractivity contribution < 1.29 is 9.47 Å². The molecule has 0 aliphatic heterocycles. The fourth-order valence-electron chi connectivity index (χ4n) is 1.70. The lowest BCUT2D eigenvalue weighted by Crippen LogP contribution is -1.98. The molecule has 2 aromatic heterocycles. The SMILES string of the molecule is COc1ccc(-c2cnn3nnnc3n2)cc1OC. The molecule has 96 valence electrons. The van der Waals surface area contributed by atoms with Gasteiger partial charge >= 0.3 is 0 Å². The molecule has 0 radical (unpaired) electrons. The first kappa shape index (κ1) is 11.3. The molecule has 19 heavy (non-hydrogen) atoms. The average Bonchev–Trinajstić information content (AvgIpc) is 2.93. The smallest absolute Gasteiger partial charge is 0.291 e. The van der Waals surface area contributed by atoms with Crippen LogP contribution in [0.1, 0.15) is 0 Å². The molecule has 0 unspecified atom stereocenters. The van der Waals surface area contributed by atoms with Crippen LogP contribution in [0.3, 0.4) is 0 Å². The molecule has 8 nitrogen and oxygen atoms in total. The van der Waals surface area contributed by atoms with Crippen molar-refractivity contribution in [2.24, 2.45) is 0 Å². The first-order valence-electron chi connectivity index (χ1n) is 5.45. The molecule has 0 saturated heterocycles. The van der Waals surface area contributed by atoms with E-state index in [9.17, 15) is 0 Å². The zero-order valence-corrected chi connectivity index (χ0v) is 10.3. The molecule has 0 N–H and O–H groups in total. The summed E-state index contributed by atoms with van der Waals surface area (Å²) in [5, 5.41) is 15.0. The van der Waals surface area contributed by atoms with Gasteiger partial charge in [0.05, 0.1) is 26.1 Å². The van der Waals surface area contributed by atoms with E-state index in [2.05, 4.69) is 25.6 Å². The van der Waals surface area contributed by atoms with Crippen molar-refractivity contribution in [3.05, 3.63) is 24.4 Å². The van der Waals surface area contributed by atoms with E-state index in [0.29, 0.717) is 23.0 Å². The Kier molecular flexibility index (Phi) is 2.67. The molecule has 2 heterocycles. The van der Waals surface area contributed by atoms with Gasteiger partial charge in [0.25, 0.3) is 5.78 Å². The zero-order valence-electron chi connectivity index (χ0n) is 10.3. The number of fused-ring (bicyclic) bond motifs is 1. The quantitative estimate of drug-likeness (QED) is 0.679. The molecule has 0 bridgehead atoms. The number of ether oxygens (including phenoxy) is 2. The second-order valence-corrected chi connectivity index (χ2v) is 3.68. The highest BCUT2D eigenvalue weighted by Crippen LogP contribution is 2.31. The van der Waals surface area contributed by atoms with E-state index >= 15 is 0 Å². The number of tetrazole rings is 1. The molecule has 8 heteroatoms. The second kappa shape index (κ2) is 4.48. The van der Waals surface area contributed by atoms with Crippen molar-refractivity contribution >= 4 is 5.78 Å². The van der Waals surface area contributed by atoms with Crippen LogP contribution in [-0.4, -0.2) is 44.5 Å². The van der Waals surface area contributed by atoms with Crippen LogP contribution < -0.4 is 9.47 Å². The summed E-state index contributed by atoms with van der Waals surface area (Å²) in [5.74, 6) is 1.62. The fraction of sp³-hybridized carbons (Fsp3) is 0.182. The third-order valence-electron chi connectivity index (χ3n) is 2.63. The Morgan fingerprint density at radius 1 is 1.11 bits per heavy atom. The summed E-state index contributed by atoms with van der Waals surface area (Å²) in [6, 6.07) is 5.50. The number of aromatic nitrogens is 6. The van der Waals surface area contributed by atoms with Gasteiger partial charge in [-0.3, -0.25) is 0 Å². The summed E-state index contributed by atoms with van der Waals surface area (Å²) in [4.78, 5) is 4.30. The van der Waals surface area contributed by atoms with Crippen LogP contribution >= 0.6 is 0 Å². The lowest BCUT2D eigenvalue weighted by atomic mass is 10.1. The summed E-state index contributed by atoms with van der Waals surface area (Å²) >= 11 is 0. The Morgan fingerprint density at radius 2 is 1.95 bits per heavy atom. The molecule has 0 amide bonds. The predicted octanol–water partition coefficient (Wildman–Crippen LogP) is 0.598. The van der Waals surface area contributed by atoms with Gasteiger partial charge in [-0.1, -0.05) is 9.73 Å². The van der Waals surface area contributed by atoms with Crippen molar-refractivity contribution in [2.45, 2.75) is 0 Å². The molecule has 3 aromatic rings. The maximum Gasteiger partial charge on any atom is 0.291 e. The third kappa shape index (κ3) is 1.92. The number of hydrogen-bond acceptors (Lipinski definition) is 7. The summed E-state index contributed by atoms with van der Waals surface area (Å²) in [6.07, 6.45) is 1.59. The van der Waals surface area contributed by atoms with Gasteiger partial charge in [-0.05, 0) is 28.6 Å². The molecule has 0 aliphatic carbocycles. The summed E-state index contributed by atoms with van der Waals surface area (Å²) < 4.78 is 11.7. The van der Waals surface area contributed by atoms with E-state index in [0.717, 1.165) is 5.56 Å². The largest absolute Gasteiger partial charge is 0.493 e. The van der Waals surface area contributed by atoms with E-state index in [1.165, 1.54) is 4.63 Å². The summed E-state index contributed by atoms with van der Waals surface area (Å²) in [5.41, 5.74) is 1.50. The van der Waals surface area contributed by atoms with Crippen LogP contribution in [0.25, 0.3) is 17.0 Å². The zero-order chi connectivity index (χ0) is 13.2. The lowest BCUT2D eigenvalue weighted by molar-refractivity contribution is 0.355. The maximum atomic E-state index is 5.25. The Morgan fingerprint density at radius 3 is 2.74 bits per heavy atom. The standard InChI is InChI=1S/C11H10N6O2/c1-18-9-4-3-7(5-10(9)19-2)8-6-12-17-11(13-8)14-15-16-17/h3-6H,1-2H3. The molecular weight excluding hydrogens is 248 g/mol. The van der Waals surface area contributed by atoms with Gasteiger partial charge in [0.1, 0.15) is 0 Å². The van der Waals surface area contributed by atoms with Crippen LogP contribution in [0.2, 0.25) is 0 Å². The monoisotopic (exact) mass is 258 g/mol. The highest BCUT2D eigenvalue weighted by atomic mass is 16.5. The highest BCUT2D eigenvalue weighted by Gasteiger charge is 2.09. The van der Waals surface area contributed by atoms with Crippen LogP contribution in [-0.2, 0) is 0 Å². The van der Waals surface area contributed by atoms with Gasteiger partial charge in [-0.15, -0.1) is 0 Å². The van der Waals surface area contributed by atoms with E-state index in [-0.39, 0.29) is 0 Å². The van der Waals surface area contributed by atoms with E-state index in [4.69, 9.17) is 9.47 Å². The molecule has 0 fully saturated rings. The van der Waals surface area contributed by atoms with Gasteiger partial charge < -0.3 is 9.47 Å². The summed E-state index contributed by atoms with van der Waals surface area (Å²) in [7, 11) is 3.17. The minimum Gasteiger partial charge on any atom is -0.493 e. The maximum absolute atomic E-state index is 5.25. The van der Waals surface area contributed by atoms with Gasteiger partial charge in [0.2, 0.25) is 0 Å². The van der Waals surface area contributed by atoms with Crippen molar-refractivity contribution in [2.75, 3.05) is 14.2 Å². The summed E-state index contributed by atoms with van der Waals surface area (Å²) in [6.45, 7) is 0. The van der Waals surface area contributed by atoms with Crippen LogP contribution in [0.4, 0.5) is 0 Å². The van der Waals surface area contributed by atoms with Gasteiger partial charge in [-0.2, -0.15) is 5.10 Å². The van der Waals surface area contributed by atoms with Crippen molar-refractivity contribution in [3.8, 4) is 22.8 Å². The normalized spacial score (nSPS) is 10.6. The molecule has 0 atom stereocenters. The molecule has 0 aliphatic rings. The van der Waals surface area contributed by atoms with Crippen LogP contribution in [0.15, 0.2) is 24.4 Å². The van der Waals surface area contributed by atoms with Crippen molar-refractivity contribution in [1.29, 1.82) is 0 Å². The number of nitrogens with zero attached hydrogens (tertiary/aromatic N) is 6. The van der Waals surface area contributed by atoms with Crippen LogP contribution in [0.5, 0.6) is 11.5 Å². The topological polar surface area (TPSA) is 87.3 Å². The van der Waals surface area contributed by atoms with Gasteiger partial charge in [0, 0.05) is 5.56 Å². The number of benzene rings is 1. The van der Waals surface area contributed by atoms with Crippen molar-refractivity contribution in [1.82, 2.24) is 30.2 Å². The van der Waals surface area contributed by atoms with E-state index < -0.39 is 0 Å². The second-order valence-electron chi connectivity index (χ2n) is 3.68. The lowest BCUT2D eigenvalue weighted by Gasteiger charge is -2.08. The predicted molar refractivity (Wildman–Crippen MR) is 64.9 cm³/mol. The van der Waals surface area contributed by atoms with Crippen LogP contribution in [0, 0.1) is 0 Å². The molecular formula is C11H10N6O2. The Labute approximate surface area is 108 Å². The first-order valence-corrected chi connectivity index (χ1v) is 5.45. The number of hydrogen-bond donors (Lipinski definition) is 0. The fourth-order valence-corrected chi connectivity index (χ4v) is 1.70. The van der Waals surface area contributed by atoms with Gasteiger partial charge in [0.15, 0.2) is 11.5 Å². The molecule has 0 saturated carbocycles. The van der Waals surface area contributed by atoms with E-state index in [1.54, 1.807) is 20.4 Å². The number of methoxy groups -OCH3 is 2. The Hall–Kier alpha value is -2.77. The van der Waals surface area contributed by atoms with Gasteiger partial charge in [-0.25, -0.2) is 4.98 Å². The average molecular weight is 258 g/mol. The molecule has 1 aromatic carbocycles. The highest BCUT2D eigenvalue weighted by molar-refractivity contribution is 5.64. The number of rotatable bonds is 3. The molecule has 0 spiro atoms. The third-order valence-corrected chi connectivity index (χ3v) is 2.63. The minimum absolute atomic E-state index is 0.340. The molecule has 3 rings (SSSR count). The first-order chi connectivity index (χ1) is 9.31. The Balaban J connectivity index is 2.09. The Bertz CT molecular complexity index is 726. The van der Waals surface area contributed by atoms with E-state index in [1.807, 2.05) is 18.2 Å². The van der Waals surface area contributed by atoms with Crippen molar-refractivity contribution in [3.63, 3.8) is 0 Å².